The summed E-state index contributed by atoms with van der Waals surface area (Å²) >= 11 is 0. The van der Waals surface area contributed by atoms with Crippen LogP contribution >= 0.6 is 0 Å². The van der Waals surface area contributed by atoms with Crippen molar-refractivity contribution in [1.82, 2.24) is 10.3 Å². The van der Waals surface area contributed by atoms with E-state index in [0.29, 0.717) is 18.7 Å². The predicted molar refractivity (Wildman–Crippen MR) is 72.4 cm³/mol. The van der Waals surface area contributed by atoms with Crippen LogP contribution < -0.4 is 11.1 Å². The lowest BCUT2D eigenvalue weighted by molar-refractivity contribution is 0.0954. The molecule has 0 atom stereocenters. The maximum Gasteiger partial charge on any atom is 0.251 e. The molecule has 18 heavy (non-hydrogen) atoms. The zero-order valence-corrected chi connectivity index (χ0v) is 10.2. The zero-order valence-electron chi connectivity index (χ0n) is 10.2. The Kier molecular flexibility index (Phi) is 4.25. The number of benzene rings is 1. The third kappa shape index (κ3) is 2.84. The number of unbranched alkanes of at least 4 members (excludes halogenated alkanes) is 1. The molecule has 4 nitrogen and oxygen atoms in total. The molecule has 1 aromatic carbocycles. The molecule has 1 aromatic heterocycles. The zero-order chi connectivity index (χ0) is 12.8. The van der Waals surface area contributed by atoms with Gasteiger partial charge in [0.15, 0.2) is 0 Å². The van der Waals surface area contributed by atoms with Crippen molar-refractivity contribution in [1.29, 1.82) is 0 Å². The van der Waals surface area contributed by atoms with Crippen LogP contribution in [0.1, 0.15) is 23.2 Å². The van der Waals surface area contributed by atoms with Gasteiger partial charge in [-0.25, -0.2) is 0 Å². The number of amides is 1. The van der Waals surface area contributed by atoms with Gasteiger partial charge < -0.3 is 11.1 Å². The summed E-state index contributed by atoms with van der Waals surface area (Å²) in [5.41, 5.74) is 6.92. The van der Waals surface area contributed by atoms with E-state index in [2.05, 4.69) is 10.3 Å². The van der Waals surface area contributed by atoms with Gasteiger partial charge in [-0.05, 0) is 37.6 Å². The first kappa shape index (κ1) is 12.5. The highest BCUT2D eigenvalue weighted by molar-refractivity contribution is 6.06. The van der Waals surface area contributed by atoms with Crippen LogP contribution in [0.4, 0.5) is 0 Å². The van der Waals surface area contributed by atoms with Gasteiger partial charge in [0.25, 0.3) is 5.91 Å². The van der Waals surface area contributed by atoms with Crippen LogP contribution in [0.2, 0.25) is 0 Å². The number of nitrogens with zero attached hydrogens (tertiary/aromatic N) is 1. The van der Waals surface area contributed by atoms with Crippen molar-refractivity contribution in [3.8, 4) is 0 Å². The van der Waals surface area contributed by atoms with Crippen molar-refractivity contribution in [3.05, 3.63) is 42.1 Å². The third-order valence-electron chi connectivity index (χ3n) is 2.81. The minimum absolute atomic E-state index is 0.0504. The molecule has 1 amide bonds. The molecule has 0 unspecified atom stereocenters. The summed E-state index contributed by atoms with van der Waals surface area (Å²) in [6.45, 7) is 1.32. The molecule has 0 fully saturated rings. The van der Waals surface area contributed by atoms with Gasteiger partial charge in [-0.2, -0.15) is 0 Å². The SMILES string of the molecule is NCCCCNC(=O)c1cccc2ncccc12. The molecule has 0 saturated heterocycles. The minimum atomic E-state index is -0.0504. The van der Waals surface area contributed by atoms with Crippen LogP contribution in [-0.2, 0) is 0 Å². The van der Waals surface area contributed by atoms with Crippen LogP contribution in [0.15, 0.2) is 36.5 Å². The van der Waals surface area contributed by atoms with Gasteiger partial charge in [-0.1, -0.05) is 12.1 Å². The molecule has 0 aliphatic heterocycles. The van der Waals surface area contributed by atoms with E-state index in [4.69, 9.17) is 5.73 Å². The van der Waals surface area contributed by atoms with Crippen LogP contribution in [0.25, 0.3) is 10.9 Å². The number of nitrogens with one attached hydrogen (secondary N) is 1. The van der Waals surface area contributed by atoms with Crippen LogP contribution in [-0.4, -0.2) is 24.0 Å². The normalized spacial score (nSPS) is 10.5. The number of aromatic nitrogens is 1. The number of hydrogen-bond acceptors (Lipinski definition) is 3. The van der Waals surface area contributed by atoms with Crippen molar-refractivity contribution in [3.63, 3.8) is 0 Å². The molecule has 0 aliphatic rings. The van der Waals surface area contributed by atoms with E-state index in [9.17, 15) is 4.79 Å². The minimum Gasteiger partial charge on any atom is -0.352 e. The summed E-state index contributed by atoms with van der Waals surface area (Å²) in [6, 6.07) is 9.33. The van der Waals surface area contributed by atoms with E-state index in [1.807, 2.05) is 30.3 Å². The maximum absolute atomic E-state index is 12.1. The second kappa shape index (κ2) is 6.12. The number of fused-ring (bicyclic) bond motifs is 1. The molecule has 0 aliphatic carbocycles. The first-order valence-corrected chi connectivity index (χ1v) is 6.15. The lowest BCUT2D eigenvalue weighted by Gasteiger charge is -2.07. The fourth-order valence-corrected chi connectivity index (χ4v) is 1.87. The lowest BCUT2D eigenvalue weighted by atomic mass is 10.1. The Morgan fingerprint density at radius 3 is 2.94 bits per heavy atom. The average Bonchev–Trinajstić information content (AvgIpc) is 2.43. The van der Waals surface area contributed by atoms with Crippen molar-refractivity contribution in [2.75, 3.05) is 13.1 Å². The Hall–Kier alpha value is -1.94. The summed E-state index contributed by atoms with van der Waals surface area (Å²) in [5.74, 6) is -0.0504. The smallest absolute Gasteiger partial charge is 0.251 e. The summed E-state index contributed by atoms with van der Waals surface area (Å²) in [6.07, 6.45) is 3.56. The monoisotopic (exact) mass is 243 g/mol. The molecule has 3 N–H and O–H groups in total. The standard InChI is InChI=1S/C14H17N3O/c15-8-1-2-9-17-14(18)12-5-3-7-13-11(12)6-4-10-16-13/h3-7,10H,1-2,8-9,15H2,(H,17,18). The van der Waals surface area contributed by atoms with Gasteiger partial charge in [0.1, 0.15) is 0 Å². The number of pyridine rings is 1. The second-order valence-electron chi connectivity index (χ2n) is 4.13. The number of nitrogens with two attached hydrogens (primary N) is 1. The molecule has 0 spiro atoms. The van der Waals surface area contributed by atoms with Crippen LogP contribution in [0.3, 0.4) is 0 Å². The first-order chi connectivity index (χ1) is 8.83. The number of hydrogen-bond donors (Lipinski definition) is 2. The highest BCUT2D eigenvalue weighted by atomic mass is 16.1. The van der Waals surface area contributed by atoms with Gasteiger partial charge in [0.05, 0.1) is 5.52 Å². The van der Waals surface area contributed by atoms with Gasteiger partial charge in [-0.3, -0.25) is 9.78 Å². The topological polar surface area (TPSA) is 68.0 Å². The maximum atomic E-state index is 12.1. The van der Waals surface area contributed by atoms with E-state index in [1.54, 1.807) is 6.20 Å². The van der Waals surface area contributed by atoms with Crippen molar-refractivity contribution >= 4 is 16.8 Å². The van der Waals surface area contributed by atoms with Crippen molar-refractivity contribution < 1.29 is 4.79 Å². The highest BCUT2D eigenvalue weighted by Crippen LogP contribution is 2.16. The largest absolute Gasteiger partial charge is 0.352 e. The summed E-state index contributed by atoms with van der Waals surface area (Å²) in [7, 11) is 0. The van der Waals surface area contributed by atoms with E-state index in [-0.39, 0.29) is 5.91 Å². The molecular formula is C14H17N3O. The highest BCUT2D eigenvalue weighted by Gasteiger charge is 2.08. The van der Waals surface area contributed by atoms with Gasteiger partial charge in [0, 0.05) is 23.7 Å². The number of carbonyl (C=O) groups is 1. The second-order valence-corrected chi connectivity index (χ2v) is 4.13. The molecular weight excluding hydrogens is 226 g/mol. The summed E-state index contributed by atoms with van der Waals surface area (Å²) in [5, 5.41) is 3.79. The van der Waals surface area contributed by atoms with Gasteiger partial charge in [0.2, 0.25) is 0 Å². The van der Waals surface area contributed by atoms with E-state index in [1.165, 1.54) is 0 Å². The molecule has 0 radical (unpaired) electrons. The molecule has 2 rings (SSSR count). The average molecular weight is 243 g/mol. The van der Waals surface area contributed by atoms with E-state index in [0.717, 1.165) is 23.7 Å². The predicted octanol–water partition coefficient (Wildman–Crippen LogP) is 1.70. The Morgan fingerprint density at radius 1 is 1.22 bits per heavy atom. The van der Waals surface area contributed by atoms with Gasteiger partial charge in [-0.15, -0.1) is 0 Å². The van der Waals surface area contributed by atoms with Crippen LogP contribution in [0, 0.1) is 0 Å². The fraction of sp³-hybridized carbons (Fsp3) is 0.286. The molecule has 2 aromatic rings. The molecule has 4 heteroatoms. The fourth-order valence-electron chi connectivity index (χ4n) is 1.87. The quantitative estimate of drug-likeness (QED) is 0.785. The van der Waals surface area contributed by atoms with Crippen LogP contribution in [0.5, 0.6) is 0 Å². The van der Waals surface area contributed by atoms with E-state index >= 15 is 0 Å². The first-order valence-electron chi connectivity index (χ1n) is 6.15. The number of carbonyl (C=O) groups excluding carboxylic acids is 1. The Labute approximate surface area is 106 Å². The summed E-state index contributed by atoms with van der Waals surface area (Å²) < 4.78 is 0. The molecule has 1 heterocycles. The lowest BCUT2D eigenvalue weighted by Crippen LogP contribution is -2.25. The van der Waals surface area contributed by atoms with Gasteiger partial charge >= 0.3 is 0 Å². The van der Waals surface area contributed by atoms with E-state index < -0.39 is 0 Å². The number of rotatable bonds is 5. The Bertz CT molecular complexity index is 534. The summed E-state index contributed by atoms with van der Waals surface area (Å²) in [4.78, 5) is 16.3. The molecule has 0 bridgehead atoms. The third-order valence-corrected chi connectivity index (χ3v) is 2.81. The molecule has 94 valence electrons. The molecule has 0 saturated carbocycles. The Morgan fingerprint density at radius 2 is 2.11 bits per heavy atom. The Balaban J connectivity index is 2.13. The van der Waals surface area contributed by atoms with Crippen molar-refractivity contribution in [2.24, 2.45) is 5.73 Å². The van der Waals surface area contributed by atoms with Crippen molar-refractivity contribution in [2.45, 2.75) is 12.8 Å².